The van der Waals surface area contributed by atoms with Gasteiger partial charge in [-0.2, -0.15) is 0 Å². The van der Waals surface area contributed by atoms with Crippen molar-refractivity contribution >= 4 is 50.3 Å². The molecule has 0 spiro atoms. The number of H-pyrrole nitrogens is 1. The lowest BCUT2D eigenvalue weighted by Gasteiger charge is -2.35. The van der Waals surface area contributed by atoms with Crippen LogP contribution in [0.5, 0.6) is 0 Å². The molecule has 2 amide bonds. The lowest BCUT2D eigenvalue weighted by molar-refractivity contribution is 0.101. The highest BCUT2D eigenvalue weighted by Gasteiger charge is 2.26. The average Bonchev–Trinajstić information content (AvgIpc) is 3.11. The zero-order chi connectivity index (χ0) is 20.4. The highest BCUT2D eigenvalue weighted by molar-refractivity contribution is 9.10. The molecule has 3 aromatic rings. The Labute approximate surface area is 173 Å². The fraction of sp³-hybridized carbons (Fsp3) is 0.278. The Hall–Kier alpha value is -3.21. The van der Waals surface area contributed by atoms with Crippen molar-refractivity contribution in [3.8, 4) is 0 Å². The number of rotatable bonds is 4. The molecule has 11 heteroatoms. The van der Waals surface area contributed by atoms with E-state index in [0.717, 1.165) is 34.9 Å². The number of amides is 2. The molecule has 29 heavy (non-hydrogen) atoms. The molecule has 3 aromatic heterocycles. The van der Waals surface area contributed by atoms with Gasteiger partial charge in [-0.25, -0.2) is 19.7 Å². The maximum Gasteiger partial charge on any atom is 0.404 e. The predicted octanol–water partition coefficient (Wildman–Crippen LogP) is 2.60. The van der Waals surface area contributed by atoms with Crippen molar-refractivity contribution in [3.63, 3.8) is 0 Å². The summed E-state index contributed by atoms with van der Waals surface area (Å²) in [6, 6.07) is 1.46. The van der Waals surface area contributed by atoms with E-state index >= 15 is 0 Å². The van der Waals surface area contributed by atoms with E-state index in [2.05, 4.69) is 51.4 Å². The van der Waals surface area contributed by atoms with E-state index in [-0.39, 0.29) is 11.9 Å². The SMILES string of the molecule is O=C(O)NC1CCCN(c2c(Br)cnc3[nH]cc(NC(=O)c4ncccn4)c23)C1. The van der Waals surface area contributed by atoms with Gasteiger partial charge in [0, 0.05) is 43.9 Å². The van der Waals surface area contributed by atoms with Gasteiger partial charge in [-0.15, -0.1) is 0 Å². The smallest absolute Gasteiger partial charge is 0.404 e. The molecule has 0 bridgehead atoms. The fourth-order valence-corrected chi connectivity index (χ4v) is 4.08. The number of anilines is 2. The molecule has 1 aliphatic rings. The number of carbonyl (C=O) groups excluding carboxylic acids is 1. The van der Waals surface area contributed by atoms with Gasteiger partial charge < -0.3 is 25.6 Å². The van der Waals surface area contributed by atoms with Crippen LogP contribution in [0.25, 0.3) is 11.0 Å². The van der Waals surface area contributed by atoms with Crippen LogP contribution in [-0.2, 0) is 0 Å². The third-order valence-electron chi connectivity index (χ3n) is 4.71. The number of halogens is 1. The largest absolute Gasteiger partial charge is 0.465 e. The maximum absolute atomic E-state index is 12.5. The molecular weight excluding hydrogens is 442 g/mol. The monoisotopic (exact) mass is 459 g/mol. The zero-order valence-electron chi connectivity index (χ0n) is 15.2. The summed E-state index contributed by atoms with van der Waals surface area (Å²) in [4.78, 5) is 41.1. The maximum atomic E-state index is 12.5. The van der Waals surface area contributed by atoms with E-state index in [1.807, 2.05) is 0 Å². The first-order valence-electron chi connectivity index (χ1n) is 9.01. The lowest BCUT2D eigenvalue weighted by atomic mass is 10.0. The Kier molecular flexibility index (Phi) is 5.30. The van der Waals surface area contributed by atoms with Gasteiger partial charge in [-0.3, -0.25) is 4.79 Å². The summed E-state index contributed by atoms with van der Waals surface area (Å²) in [7, 11) is 0. The van der Waals surface area contributed by atoms with Crippen molar-refractivity contribution in [2.45, 2.75) is 18.9 Å². The van der Waals surface area contributed by atoms with Crippen molar-refractivity contribution in [3.05, 3.63) is 41.2 Å². The summed E-state index contributed by atoms with van der Waals surface area (Å²) in [5, 5.41) is 15.2. The van der Waals surface area contributed by atoms with Gasteiger partial charge >= 0.3 is 6.09 Å². The number of nitrogens with one attached hydrogen (secondary N) is 3. The Morgan fingerprint density at radius 1 is 1.28 bits per heavy atom. The summed E-state index contributed by atoms with van der Waals surface area (Å²) < 4.78 is 0.757. The molecule has 0 saturated carbocycles. The molecule has 150 valence electrons. The molecule has 1 unspecified atom stereocenters. The van der Waals surface area contributed by atoms with Crippen LogP contribution in [0.1, 0.15) is 23.5 Å². The summed E-state index contributed by atoms with van der Waals surface area (Å²) in [6.07, 6.45) is 6.95. The van der Waals surface area contributed by atoms with E-state index in [1.165, 1.54) is 12.4 Å². The number of pyridine rings is 1. The van der Waals surface area contributed by atoms with Gasteiger partial charge in [0.25, 0.3) is 5.91 Å². The van der Waals surface area contributed by atoms with Crippen molar-refractivity contribution in [2.24, 2.45) is 0 Å². The molecule has 4 N–H and O–H groups in total. The Balaban J connectivity index is 1.69. The van der Waals surface area contributed by atoms with Crippen LogP contribution in [0.15, 0.2) is 35.3 Å². The van der Waals surface area contributed by atoms with E-state index in [0.29, 0.717) is 17.9 Å². The van der Waals surface area contributed by atoms with E-state index < -0.39 is 12.0 Å². The first kappa shape index (κ1) is 19.1. The van der Waals surface area contributed by atoms with Crippen molar-refractivity contribution < 1.29 is 14.7 Å². The van der Waals surface area contributed by atoms with Crippen LogP contribution in [0.4, 0.5) is 16.2 Å². The molecule has 0 aliphatic carbocycles. The van der Waals surface area contributed by atoms with E-state index in [4.69, 9.17) is 5.11 Å². The first-order chi connectivity index (χ1) is 14.0. The normalized spacial score (nSPS) is 16.6. The number of hydrogen-bond acceptors (Lipinski definition) is 6. The Bertz CT molecular complexity index is 1060. The summed E-state index contributed by atoms with van der Waals surface area (Å²) >= 11 is 3.56. The molecule has 0 radical (unpaired) electrons. The Morgan fingerprint density at radius 3 is 2.83 bits per heavy atom. The van der Waals surface area contributed by atoms with Crippen LogP contribution in [0.3, 0.4) is 0 Å². The molecular formula is C18H18BrN7O3. The molecule has 1 atom stereocenters. The number of hydrogen-bond donors (Lipinski definition) is 4. The minimum Gasteiger partial charge on any atom is -0.465 e. The first-order valence-corrected chi connectivity index (χ1v) is 9.80. The van der Waals surface area contributed by atoms with Crippen LogP contribution in [0, 0.1) is 0 Å². The van der Waals surface area contributed by atoms with Gasteiger partial charge in [0.15, 0.2) is 0 Å². The van der Waals surface area contributed by atoms with Crippen molar-refractivity contribution in [2.75, 3.05) is 23.3 Å². The number of nitrogens with zero attached hydrogens (tertiary/aromatic N) is 4. The quantitative estimate of drug-likeness (QED) is 0.470. The molecule has 1 aliphatic heterocycles. The summed E-state index contributed by atoms with van der Waals surface area (Å²) in [6.45, 7) is 1.28. The topological polar surface area (TPSA) is 136 Å². The lowest BCUT2D eigenvalue weighted by Crippen LogP contribution is -2.47. The van der Waals surface area contributed by atoms with E-state index in [9.17, 15) is 9.59 Å². The van der Waals surface area contributed by atoms with Crippen LogP contribution >= 0.6 is 15.9 Å². The summed E-state index contributed by atoms with van der Waals surface area (Å²) in [5.74, 6) is -0.364. The molecule has 4 rings (SSSR count). The summed E-state index contributed by atoms with van der Waals surface area (Å²) in [5.41, 5.74) is 2.01. The second-order valence-electron chi connectivity index (χ2n) is 6.64. The number of aromatic nitrogens is 4. The van der Waals surface area contributed by atoms with Crippen LogP contribution in [-0.4, -0.2) is 56.2 Å². The van der Waals surface area contributed by atoms with Crippen molar-refractivity contribution in [1.82, 2.24) is 25.3 Å². The number of aromatic amines is 1. The van der Waals surface area contributed by atoms with Crippen LogP contribution in [0.2, 0.25) is 0 Å². The second kappa shape index (κ2) is 8.03. The number of piperidine rings is 1. The molecule has 0 aromatic carbocycles. The van der Waals surface area contributed by atoms with E-state index in [1.54, 1.807) is 18.5 Å². The highest BCUT2D eigenvalue weighted by Crippen LogP contribution is 2.39. The van der Waals surface area contributed by atoms with Crippen LogP contribution < -0.4 is 15.5 Å². The van der Waals surface area contributed by atoms with Gasteiger partial charge in [0.05, 0.1) is 21.2 Å². The van der Waals surface area contributed by atoms with Gasteiger partial charge in [-0.1, -0.05) is 0 Å². The molecule has 4 heterocycles. The third-order valence-corrected chi connectivity index (χ3v) is 5.29. The number of carboxylic acid groups (broad SMARTS) is 1. The highest BCUT2D eigenvalue weighted by atomic mass is 79.9. The minimum absolute atomic E-state index is 0.0649. The van der Waals surface area contributed by atoms with Crippen molar-refractivity contribution in [1.29, 1.82) is 0 Å². The third kappa shape index (κ3) is 3.99. The number of fused-ring (bicyclic) bond motifs is 1. The minimum atomic E-state index is -1.03. The Morgan fingerprint density at radius 2 is 2.07 bits per heavy atom. The average molecular weight is 460 g/mol. The fourth-order valence-electron chi connectivity index (χ4n) is 3.53. The molecule has 1 fully saturated rings. The van der Waals surface area contributed by atoms with Gasteiger partial charge in [0.1, 0.15) is 5.65 Å². The number of carbonyl (C=O) groups is 2. The zero-order valence-corrected chi connectivity index (χ0v) is 16.8. The molecule has 10 nitrogen and oxygen atoms in total. The van der Waals surface area contributed by atoms with Gasteiger partial charge in [-0.05, 0) is 34.8 Å². The van der Waals surface area contributed by atoms with Gasteiger partial charge in [0.2, 0.25) is 5.82 Å². The standard InChI is InChI=1S/C18H18BrN7O3/c19-11-7-22-15-13(14(11)26-6-1-3-10(9-26)24-18(28)29)12(8-23-15)25-17(27)16-20-4-2-5-21-16/h2,4-5,7-8,10,24H,1,3,6,9H2,(H,22,23)(H,25,27)(H,28,29). The molecule has 1 saturated heterocycles. The second-order valence-corrected chi connectivity index (χ2v) is 7.50. The predicted molar refractivity (Wildman–Crippen MR) is 110 cm³/mol.